The molecule has 0 aliphatic rings. The molecule has 1 aromatic heterocycles. The van der Waals surface area contributed by atoms with Gasteiger partial charge in [0.25, 0.3) is 5.92 Å². The Morgan fingerprint density at radius 3 is 2.26 bits per heavy atom. The van der Waals surface area contributed by atoms with Crippen LogP contribution in [0.4, 0.5) is 8.78 Å². The molecule has 0 aliphatic carbocycles. The second kappa shape index (κ2) is 15.0. The van der Waals surface area contributed by atoms with Crippen LogP contribution in [0.1, 0.15) is 67.4 Å². The van der Waals surface area contributed by atoms with E-state index in [0.29, 0.717) is 29.4 Å². The third-order valence-electron chi connectivity index (χ3n) is 4.84. The molecule has 0 aliphatic heterocycles. The molecule has 7 heteroatoms. The van der Waals surface area contributed by atoms with E-state index in [4.69, 9.17) is 10.2 Å². The number of aliphatic imine (C=N–C) groups is 1. The molecule has 0 saturated carbocycles. The molecule has 1 unspecified atom stereocenters. The number of rotatable bonds is 10. The minimum Gasteiger partial charge on any atom is -0.472 e. The van der Waals surface area contributed by atoms with Crippen LogP contribution in [-0.2, 0) is 4.79 Å². The molecule has 0 saturated heterocycles. The maximum absolute atomic E-state index is 13.4. The summed E-state index contributed by atoms with van der Waals surface area (Å²) in [7, 11) is 0. The van der Waals surface area contributed by atoms with Crippen molar-refractivity contribution in [2.24, 2.45) is 16.6 Å². The molecule has 34 heavy (non-hydrogen) atoms. The zero-order valence-electron chi connectivity index (χ0n) is 21.8. The summed E-state index contributed by atoms with van der Waals surface area (Å²) in [5.74, 6) is -2.00. The predicted octanol–water partition coefficient (Wildman–Crippen LogP) is 6.70. The number of carbonyl (C=O) groups excluding carboxylic acids is 1. The fourth-order valence-corrected chi connectivity index (χ4v) is 2.93. The third-order valence-corrected chi connectivity index (χ3v) is 4.84. The number of alkyl halides is 2. The van der Waals surface area contributed by atoms with Gasteiger partial charge in [0.05, 0.1) is 25.1 Å². The molecule has 1 aromatic rings. The summed E-state index contributed by atoms with van der Waals surface area (Å²) < 4.78 is 31.7. The average molecular weight is 478 g/mol. The highest BCUT2D eigenvalue weighted by Gasteiger charge is 2.28. The van der Waals surface area contributed by atoms with Crippen LogP contribution >= 0.6 is 0 Å². The molecular weight excluding hydrogens is 436 g/mol. The van der Waals surface area contributed by atoms with Gasteiger partial charge in [-0.1, -0.05) is 38.2 Å². The van der Waals surface area contributed by atoms with Crippen LogP contribution in [0.5, 0.6) is 0 Å². The Bertz CT molecular complexity index is 903. The van der Waals surface area contributed by atoms with Crippen LogP contribution in [-0.4, -0.2) is 30.3 Å². The van der Waals surface area contributed by atoms with E-state index < -0.39 is 5.92 Å². The van der Waals surface area contributed by atoms with Crippen molar-refractivity contribution in [1.29, 1.82) is 0 Å². The van der Waals surface area contributed by atoms with Gasteiger partial charge in [-0.05, 0) is 63.3 Å². The van der Waals surface area contributed by atoms with Gasteiger partial charge in [0, 0.05) is 25.0 Å². The smallest absolute Gasteiger partial charge is 0.270 e. The molecule has 190 valence electrons. The second-order valence-corrected chi connectivity index (χ2v) is 8.74. The first-order valence-corrected chi connectivity index (χ1v) is 11.4. The predicted molar refractivity (Wildman–Crippen MR) is 139 cm³/mol. The average Bonchev–Trinajstić information content (AvgIpc) is 3.25. The number of carbonyl (C=O) groups is 1. The number of halogens is 2. The van der Waals surface area contributed by atoms with Crippen molar-refractivity contribution in [2.75, 3.05) is 6.54 Å². The summed E-state index contributed by atoms with van der Waals surface area (Å²) in [6.07, 6.45) is 9.07. The molecule has 0 bridgehead atoms. The Labute approximate surface area is 203 Å². The fourth-order valence-electron chi connectivity index (χ4n) is 2.93. The first-order chi connectivity index (χ1) is 15.7. The van der Waals surface area contributed by atoms with Crippen molar-refractivity contribution in [2.45, 2.75) is 73.8 Å². The first kappa shape index (κ1) is 31.0. The van der Waals surface area contributed by atoms with Gasteiger partial charge >= 0.3 is 0 Å². The highest BCUT2D eigenvalue weighted by molar-refractivity contribution is 5.89. The number of allylic oxidation sites excluding steroid dienone is 6. The Morgan fingerprint density at radius 2 is 1.88 bits per heavy atom. The minimum atomic E-state index is -2.90. The van der Waals surface area contributed by atoms with Gasteiger partial charge in [0.2, 0.25) is 5.91 Å². The van der Waals surface area contributed by atoms with Gasteiger partial charge in [0.1, 0.15) is 5.84 Å². The minimum absolute atomic E-state index is 0.0631. The van der Waals surface area contributed by atoms with E-state index in [-0.39, 0.29) is 17.5 Å². The molecule has 1 heterocycles. The highest BCUT2D eigenvalue weighted by atomic mass is 19.3. The lowest BCUT2D eigenvalue weighted by molar-refractivity contribution is -0.119. The molecule has 0 radical (unpaired) electrons. The molecule has 5 nitrogen and oxygen atoms in total. The largest absolute Gasteiger partial charge is 0.472 e. The zero-order valence-corrected chi connectivity index (χ0v) is 21.8. The molecule has 3 N–H and O–H groups in total. The molecule has 0 spiro atoms. The fraction of sp³-hybridized carbons (Fsp3) is 0.481. The molecule has 1 rings (SSSR count). The number of nitrogens with two attached hydrogens (primary N) is 1. The molecular formula is C27H41F2N3O2. The SMILES string of the molecule is C/C=C(\C)CN=C(N)C(CC(C)C)NC(C)=O.C=C(C)/C(=C\C(=C/C)c1ccoc1)C(C)(F)F. The van der Waals surface area contributed by atoms with Gasteiger partial charge in [-0.25, -0.2) is 8.78 Å². The summed E-state index contributed by atoms with van der Waals surface area (Å²) >= 11 is 0. The zero-order chi connectivity index (χ0) is 26.5. The first-order valence-electron chi connectivity index (χ1n) is 11.4. The summed E-state index contributed by atoms with van der Waals surface area (Å²) in [5.41, 5.74) is 8.86. The van der Waals surface area contributed by atoms with E-state index in [1.807, 2.05) is 19.9 Å². The van der Waals surface area contributed by atoms with Crippen molar-refractivity contribution >= 4 is 17.3 Å². The monoisotopic (exact) mass is 477 g/mol. The number of nitrogens with zero attached hydrogens (tertiary/aromatic N) is 1. The Morgan fingerprint density at radius 1 is 1.26 bits per heavy atom. The molecule has 1 amide bonds. The van der Waals surface area contributed by atoms with E-state index in [2.05, 4.69) is 30.7 Å². The molecule has 0 aromatic carbocycles. The number of furan rings is 1. The molecule has 0 fully saturated rings. The van der Waals surface area contributed by atoms with Crippen LogP contribution in [0.15, 0.2) is 69.5 Å². The van der Waals surface area contributed by atoms with Gasteiger partial charge in [-0.2, -0.15) is 0 Å². The van der Waals surface area contributed by atoms with Crippen LogP contribution in [0.2, 0.25) is 0 Å². The van der Waals surface area contributed by atoms with Crippen LogP contribution in [0, 0.1) is 5.92 Å². The van der Waals surface area contributed by atoms with Crippen molar-refractivity contribution in [3.8, 4) is 0 Å². The van der Waals surface area contributed by atoms with Gasteiger partial charge in [-0.15, -0.1) is 0 Å². The number of hydrogen-bond acceptors (Lipinski definition) is 3. The van der Waals surface area contributed by atoms with Crippen LogP contribution in [0.3, 0.4) is 0 Å². The topological polar surface area (TPSA) is 80.6 Å². The second-order valence-electron chi connectivity index (χ2n) is 8.74. The van der Waals surface area contributed by atoms with Crippen molar-refractivity contribution in [3.63, 3.8) is 0 Å². The maximum Gasteiger partial charge on any atom is 0.270 e. The summed E-state index contributed by atoms with van der Waals surface area (Å²) in [6.45, 7) is 18.1. The molecule has 1 atom stereocenters. The van der Waals surface area contributed by atoms with Crippen molar-refractivity contribution in [1.82, 2.24) is 5.32 Å². The van der Waals surface area contributed by atoms with E-state index >= 15 is 0 Å². The number of amides is 1. The number of nitrogens with one attached hydrogen (secondary N) is 1. The Balaban J connectivity index is 0.000000641. The maximum atomic E-state index is 13.4. The van der Waals surface area contributed by atoms with Gasteiger partial charge in [0.15, 0.2) is 0 Å². The van der Waals surface area contributed by atoms with Crippen LogP contribution < -0.4 is 11.1 Å². The van der Waals surface area contributed by atoms with E-state index in [1.54, 1.807) is 26.0 Å². The van der Waals surface area contributed by atoms with E-state index in [1.165, 1.54) is 31.1 Å². The third kappa shape index (κ3) is 12.3. The number of amidine groups is 1. The summed E-state index contributed by atoms with van der Waals surface area (Å²) in [6, 6.07) is 1.58. The Hall–Kier alpha value is -2.96. The van der Waals surface area contributed by atoms with E-state index in [9.17, 15) is 13.6 Å². The van der Waals surface area contributed by atoms with Crippen molar-refractivity contribution in [3.05, 3.63) is 65.7 Å². The standard InChI is InChI=1S/C14H16F2O.C13H25N3O/c1-5-11(12-6-7-17-9-12)8-13(10(2)3)14(4,15)16;1-6-10(4)8-15-13(14)12(7-9(2)3)16-11(5)17/h5-9H,2H2,1,3-4H3;6,9,12H,7-8H2,1-5H3,(H2,14,15)(H,16,17)/b11-5+,13-8+;10-6+. The number of hydrogen-bond donors (Lipinski definition) is 2. The summed E-state index contributed by atoms with van der Waals surface area (Å²) in [5, 5.41) is 2.84. The van der Waals surface area contributed by atoms with Crippen molar-refractivity contribution < 1.29 is 18.0 Å². The van der Waals surface area contributed by atoms with Gasteiger partial charge in [-0.3, -0.25) is 9.79 Å². The Kier molecular flexibility index (Phi) is 13.7. The lowest BCUT2D eigenvalue weighted by Gasteiger charge is -2.19. The summed E-state index contributed by atoms with van der Waals surface area (Å²) in [4.78, 5) is 15.4. The van der Waals surface area contributed by atoms with Gasteiger partial charge < -0.3 is 15.5 Å². The normalized spacial score (nSPS) is 14.4. The van der Waals surface area contributed by atoms with Crippen LogP contribution in [0.25, 0.3) is 5.57 Å². The van der Waals surface area contributed by atoms with E-state index in [0.717, 1.165) is 18.9 Å². The quantitative estimate of drug-likeness (QED) is 0.170. The lowest BCUT2D eigenvalue weighted by Crippen LogP contribution is -2.44. The lowest BCUT2D eigenvalue weighted by atomic mass is 9.98. The highest BCUT2D eigenvalue weighted by Crippen LogP contribution is 2.31.